The lowest BCUT2D eigenvalue weighted by Crippen LogP contribution is -2.53. The maximum atomic E-state index is 13.1. The first-order chi connectivity index (χ1) is 13.6. The number of carbonyl (C=O) groups is 2. The molecule has 1 saturated heterocycles. The molecule has 5 fully saturated rings. The number of hydrogen-bond acceptors (Lipinski definition) is 3. The molecule has 150 valence electrons. The molecule has 1 heterocycles. The lowest BCUT2D eigenvalue weighted by atomic mass is 9.49. The lowest BCUT2D eigenvalue weighted by molar-refractivity contribution is -0.146. The van der Waals surface area contributed by atoms with E-state index in [0.29, 0.717) is 12.1 Å². The first-order valence-electron chi connectivity index (χ1n) is 11.0. The third kappa shape index (κ3) is 3.45. The lowest BCUT2D eigenvalue weighted by Gasteiger charge is -2.55. The second-order valence-corrected chi connectivity index (χ2v) is 9.74. The minimum absolute atomic E-state index is 0.0159. The Morgan fingerprint density at radius 2 is 1.64 bits per heavy atom. The minimum atomic E-state index is -0.0934. The van der Waals surface area contributed by atoms with Gasteiger partial charge in [-0.05, 0) is 86.9 Å². The first kappa shape index (κ1) is 18.2. The SMILES string of the molecule is O=C(NC1CCNC1)c1ccc(CNC(=O)C23CC4CC(CC(C4)C2)C3)cc1. The second kappa shape index (κ2) is 7.18. The summed E-state index contributed by atoms with van der Waals surface area (Å²) in [5, 5.41) is 9.54. The van der Waals surface area contributed by atoms with Crippen molar-refractivity contribution in [2.45, 2.75) is 57.5 Å². The van der Waals surface area contributed by atoms with Crippen LogP contribution < -0.4 is 16.0 Å². The zero-order chi connectivity index (χ0) is 19.1. The average molecular weight is 382 g/mol. The second-order valence-electron chi connectivity index (χ2n) is 9.74. The molecule has 0 aromatic heterocycles. The van der Waals surface area contributed by atoms with Crippen molar-refractivity contribution in [2.75, 3.05) is 13.1 Å². The maximum Gasteiger partial charge on any atom is 0.251 e. The molecule has 5 aliphatic rings. The standard InChI is InChI=1S/C23H31N3O2/c27-21(26-20-5-6-24-14-20)19-3-1-15(2-4-19)13-25-22(28)23-10-16-7-17(11-23)9-18(8-16)12-23/h1-4,16-18,20,24H,5-14H2,(H,25,28)(H,26,27). The van der Waals surface area contributed by atoms with Gasteiger partial charge >= 0.3 is 0 Å². The van der Waals surface area contributed by atoms with Crippen molar-refractivity contribution in [3.05, 3.63) is 35.4 Å². The van der Waals surface area contributed by atoms with E-state index in [-0.39, 0.29) is 23.3 Å². The highest BCUT2D eigenvalue weighted by Crippen LogP contribution is 2.60. The van der Waals surface area contributed by atoms with E-state index in [1.165, 1.54) is 19.3 Å². The van der Waals surface area contributed by atoms with E-state index in [0.717, 1.165) is 62.1 Å². The Labute approximate surface area is 167 Å². The molecule has 1 aromatic carbocycles. The van der Waals surface area contributed by atoms with Crippen molar-refractivity contribution in [1.29, 1.82) is 0 Å². The Balaban J connectivity index is 1.17. The van der Waals surface area contributed by atoms with E-state index >= 15 is 0 Å². The average Bonchev–Trinajstić information content (AvgIpc) is 3.18. The highest BCUT2D eigenvalue weighted by atomic mass is 16.2. The molecule has 5 nitrogen and oxygen atoms in total. The zero-order valence-corrected chi connectivity index (χ0v) is 16.5. The first-order valence-corrected chi connectivity index (χ1v) is 11.0. The molecule has 0 spiro atoms. The minimum Gasteiger partial charge on any atom is -0.352 e. The van der Waals surface area contributed by atoms with E-state index in [4.69, 9.17) is 0 Å². The van der Waals surface area contributed by atoms with Crippen LogP contribution in [0.25, 0.3) is 0 Å². The molecule has 2 amide bonds. The Morgan fingerprint density at radius 3 is 2.21 bits per heavy atom. The molecular formula is C23H31N3O2. The van der Waals surface area contributed by atoms with Gasteiger partial charge in [0.05, 0.1) is 0 Å². The van der Waals surface area contributed by atoms with Crippen LogP contribution in [0.3, 0.4) is 0 Å². The van der Waals surface area contributed by atoms with Crippen molar-refractivity contribution in [2.24, 2.45) is 23.2 Å². The van der Waals surface area contributed by atoms with Crippen LogP contribution in [0.1, 0.15) is 60.9 Å². The Morgan fingerprint density at radius 1 is 1.00 bits per heavy atom. The number of benzene rings is 1. The molecule has 0 radical (unpaired) electrons. The van der Waals surface area contributed by atoms with Gasteiger partial charge in [0, 0.05) is 30.1 Å². The van der Waals surface area contributed by atoms with Gasteiger partial charge in [-0.1, -0.05) is 12.1 Å². The molecule has 1 aromatic rings. The highest BCUT2D eigenvalue weighted by molar-refractivity contribution is 5.94. The maximum absolute atomic E-state index is 13.1. The van der Waals surface area contributed by atoms with Crippen molar-refractivity contribution in [3.63, 3.8) is 0 Å². The van der Waals surface area contributed by atoms with E-state index < -0.39 is 0 Å². The highest BCUT2D eigenvalue weighted by Gasteiger charge is 2.54. The summed E-state index contributed by atoms with van der Waals surface area (Å²) in [6.45, 7) is 2.36. The number of carbonyl (C=O) groups excluding carboxylic acids is 2. The van der Waals surface area contributed by atoms with Crippen LogP contribution >= 0.6 is 0 Å². The number of amides is 2. The molecular weight excluding hydrogens is 350 g/mol. The third-order valence-corrected chi connectivity index (χ3v) is 7.58. The molecule has 1 atom stereocenters. The van der Waals surface area contributed by atoms with Gasteiger partial charge < -0.3 is 16.0 Å². The molecule has 1 aliphatic heterocycles. The zero-order valence-electron chi connectivity index (χ0n) is 16.5. The van der Waals surface area contributed by atoms with Gasteiger partial charge in [0.1, 0.15) is 0 Å². The monoisotopic (exact) mass is 381 g/mol. The molecule has 28 heavy (non-hydrogen) atoms. The van der Waals surface area contributed by atoms with Crippen LogP contribution in [0.5, 0.6) is 0 Å². The van der Waals surface area contributed by atoms with Gasteiger partial charge in [-0.25, -0.2) is 0 Å². The van der Waals surface area contributed by atoms with Gasteiger partial charge in [-0.2, -0.15) is 0 Å². The van der Waals surface area contributed by atoms with Gasteiger partial charge in [-0.15, -0.1) is 0 Å². The summed E-state index contributed by atoms with van der Waals surface area (Å²) in [5.41, 5.74) is 1.64. The van der Waals surface area contributed by atoms with E-state index in [9.17, 15) is 9.59 Å². The van der Waals surface area contributed by atoms with Gasteiger partial charge in [0.25, 0.3) is 5.91 Å². The summed E-state index contributed by atoms with van der Waals surface area (Å²) < 4.78 is 0. The third-order valence-electron chi connectivity index (χ3n) is 7.58. The topological polar surface area (TPSA) is 70.2 Å². The fraction of sp³-hybridized carbons (Fsp3) is 0.652. The molecule has 4 saturated carbocycles. The Bertz CT molecular complexity index is 716. The largest absolute Gasteiger partial charge is 0.352 e. The summed E-state index contributed by atoms with van der Waals surface area (Å²) in [6.07, 6.45) is 8.34. The van der Waals surface area contributed by atoms with Crippen molar-refractivity contribution < 1.29 is 9.59 Å². The van der Waals surface area contributed by atoms with Crippen LogP contribution in [-0.2, 0) is 11.3 Å². The van der Waals surface area contributed by atoms with Crippen LogP contribution in [0.15, 0.2) is 24.3 Å². The van der Waals surface area contributed by atoms with Gasteiger partial charge in [-0.3, -0.25) is 9.59 Å². The molecule has 1 unspecified atom stereocenters. The Hall–Kier alpha value is -1.88. The van der Waals surface area contributed by atoms with Crippen LogP contribution in [0.2, 0.25) is 0 Å². The summed E-state index contributed by atoms with van der Waals surface area (Å²) in [6, 6.07) is 7.88. The summed E-state index contributed by atoms with van der Waals surface area (Å²) >= 11 is 0. The summed E-state index contributed by atoms with van der Waals surface area (Å²) in [5.74, 6) is 2.60. The van der Waals surface area contributed by atoms with Crippen molar-refractivity contribution >= 4 is 11.8 Å². The number of hydrogen-bond donors (Lipinski definition) is 3. The van der Waals surface area contributed by atoms with Crippen molar-refractivity contribution in [1.82, 2.24) is 16.0 Å². The normalized spacial score (nSPS) is 35.7. The van der Waals surface area contributed by atoms with Gasteiger partial charge in [0.15, 0.2) is 0 Å². The number of nitrogens with one attached hydrogen (secondary N) is 3. The van der Waals surface area contributed by atoms with Crippen LogP contribution in [-0.4, -0.2) is 30.9 Å². The molecule has 3 N–H and O–H groups in total. The van der Waals surface area contributed by atoms with Crippen molar-refractivity contribution in [3.8, 4) is 0 Å². The molecule has 6 rings (SSSR count). The fourth-order valence-electron chi connectivity index (χ4n) is 6.58. The number of rotatable bonds is 5. The van der Waals surface area contributed by atoms with E-state index in [2.05, 4.69) is 16.0 Å². The smallest absolute Gasteiger partial charge is 0.251 e. The molecule has 4 aliphatic carbocycles. The van der Waals surface area contributed by atoms with E-state index in [1.54, 1.807) is 0 Å². The Kier molecular flexibility index (Phi) is 4.66. The quantitative estimate of drug-likeness (QED) is 0.734. The van der Waals surface area contributed by atoms with Crippen LogP contribution in [0.4, 0.5) is 0 Å². The summed E-state index contributed by atoms with van der Waals surface area (Å²) in [7, 11) is 0. The predicted molar refractivity (Wildman–Crippen MR) is 108 cm³/mol. The van der Waals surface area contributed by atoms with E-state index in [1.807, 2.05) is 24.3 Å². The molecule has 4 bridgehead atoms. The van der Waals surface area contributed by atoms with Gasteiger partial charge in [0.2, 0.25) is 5.91 Å². The fourth-order valence-corrected chi connectivity index (χ4v) is 6.58. The molecule has 5 heteroatoms. The summed E-state index contributed by atoms with van der Waals surface area (Å²) in [4.78, 5) is 25.4. The van der Waals surface area contributed by atoms with Crippen LogP contribution in [0, 0.1) is 23.2 Å². The predicted octanol–water partition coefficient (Wildman–Crippen LogP) is 2.61.